The van der Waals surface area contributed by atoms with Gasteiger partial charge in [0.15, 0.2) is 5.82 Å². The van der Waals surface area contributed by atoms with Crippen molar-refractivity contribution in [1.82, 2.24) is 9.97 Å². The number of aromatic nitrogens is 2. The van der Waals surface area contributed by atoms with E-state index in [0.717, 1.165) is 4.90 Å². The molecule has 4 heterocycles. The third-order valence-electron chi connectivity index (χ3n) is 5.98. The average molecular weight is 457 g/mol. The minimum Gasteiger partial charge on any atom is -0.465 e. The normalized spacial score (nSPS) is 19.6. The number of fused-ring (bicyclic) bond motifs is 2. The van der Waals surface area contributed by atoms with Crippen molar-refractivity contribution in [1.29, 1.82) is 0 Å². The molecule has 2 aromatic heterocycles. The van der Waals surface area contributed by atoms with Gasteiger partial charge in [-0.2, -0.15) is 4.39 Å². The van der Waals surface area contributed by atoms with Gasteiger partial charge in [-0.15, -0.1) is 0 Å². The second-order valence-electron chi connectivity index (χ2n) is 7.97. The Morgan fingerprint density at radius 3 is 2.85 bits per heavy atom. The molecule has 1 saturated heterocycles. The molecule has 0 bridgehead atoms. The Bertz CT molecular complexity index is 1270. The minimum atomic E-state index is -1.52. The largest absolute Gasteiger partial charge is 0.465 e. The number of nitrogens with zero attached hydrogens (tertiary/aromatic N) is 3. The van der Waals surface area contributed by atoms with Crippen LogP contribution in [0.4, 0.5) is 30.8 Å². The van der Waals surface area contributed by atoms with Gasteiger partial charge in [-0.3, -0.25) is 4.90 Å². The number of carbonyl (C=O) groups is 1. The summed E-state index contributed by atoms with van der Waals surface area (Å²) in [6.07, 6.45) is 0.653. The number of nitrogens with two attached hydrogens (primary N) is 1. The van der Waals surface area contributed by atoms with E-state index in [9.17, 15) is 14.3 Å². The van der Waals surface area contributed by atoms with E-state index in [1.54, 1.807) is 19.1 Å². The molecule has 2 atom stereocenters. The SMILES string of the molecule is Cc1c(-c2cc3cc(N(C(=O)O)[C@H]4CCOC4)ncc3c(N)c2F)cnc2c1NC[C@@H](F)O2. The quantitative estimate of drug-likeness (QED) is 0.509. The lowest BCUT2D eigenvalue weighted by Crippen LogP contribution is -2.40. The summed E-state index contributed by atoms with van der Waals surface area (Å²) in [5, 5.41) is 13.5. The van der Waals surface area contributed by atoms with Crippen LogP contribution in [-0.4, -0.2) is 53.3 Å². The van der Waals surface area contributed by atoms with Crippen molar-refractivity contribution >= 4 is 34.1 Å². The Morgan fingerprint density at radius 1 is 1.30 bits per heavy atom. The lowest BCUT2D eigenvalue weighted by atomic mass is 9.97. The van der Waals surface area contributed by atoms with Gasteiger partial charge < -0.3 is 25.6 Å². The van der Waals surface area contributed by atoms with E-state index in [1.165, 1.54) is 12.4 Å². The first-order valence-electron chi connectivity index (χ1n) is 10.4. The molecule has 9 nitrogen and oxygen atoms in total. The monoisotopic (exact) mass is 457 g/mol. The van der Waals surface area contributed by atoms with Gasteiger partial charge in [0.25, 0.3) is 6.36 Å². The molecule has 0 unspecified atom stereocenters. The molecule has 5 rings (SSSR count). The van der Waals surface area contributed by atoms with Gasteiger partial charge in [-0.05, 0) is 36.4 Å². The highest BCUT2D eigenvalue weighted by Crippen LogP contribution is 2.40. The van der Waals surface area contributed by atoms with Gasteiger partial charge in [0, 0.05) is 35.5 Å². The van der Waals surface area contributed by atoms with Crippen molar-refractivity contribution < 1.29 is 28.2 Å². The number of hydrogen-bond donors (Lipinski definition) is 3. The Kier molecular flexibility index (Phi) is 5.12. The summed E-state index contributed by atoms with van der Waals surface area (Å²) in [5.41, 5.74) is 7.71. The van der Waals surface area contributed by atoms with E-state index in [1.807, 2.05) is 0 Å². The molecule has 172 valence electrons. The van der Waals surface area contributed by atoms with Crippen molar-refractivity contribution in [2.45, 2.75) is 25.7 Å². The van der Waals surface area contributed by atoms with Gasteiger partial charge in [0.1, 0.15) is 11.5 Å². The van der Waals surface area contributed by atoms with Crippen LogP contribution in [0.3, 0.4) is 0 Å². The van der Waals surface area contributed by atoms with Crippen LogP contribution in [0.15, 0.2) is 24.5 Å². The lowest BCUT2D eigenvalue weighted by molar-refractivity contribution is 0.0688. The van der Waals surface area contributed by atoms with Crippen LogP contribution in [0.5, 0.6) is 5.88 Å². The molecule has 0 aliphatic carbocycles. The first kappa shape index (κ1) is 21.1. The van der Waals surface area contributed by atoms with Crippen molar-refractivity contribution in [2.24, 2.45) is 0 Å². The maximum Gasteiger partial charge on any atom is 0.413 e. The predicted molar refractivity (Wildman–Crippen MR) is 118 cm³/mol. The maximum atomic E-state index is 15.3. The van der Waals surface area contributed by atoms with Crippen molar-refractivity contribution in [3.05, 3.63) is 35.9 Å². The molecule has 33 heavy (non-hydrogen) atoms. The smallest absolute Gasteiger partial charge is 0.413 e. The topological polar surface area (TPSA) is 123 Å². The van der Waals surface area contributed by atoms with Crippen LogP contribution in [0, 0.1) is 12.7 Å². The van der Waals surface area contributed by atoms with Gasteiger partial charge in [0.2, 0.25) is 5.88 Å². The molecule has 2 aliphatic heterocycles. The number of nitrogens with one attached hydrogen (secondary N) is 1. The number of amides is 1. The molecule has 1 aromatic carbocycles. The van der Waals surface area contributed by atoms with Gasteiger partial charge >= 0.3 is 6.09 Å². The zero-order chi connectivity index (χ0) is 23.3. The molecule has 2 aliphatic rings. The van der Waals surface area contributed by atoms with Crippen molar-refractivity contribution in [2.75, 3.05) is 35.7 Å². The molecule has 0 spiro atoms. The van der Waals surface area contributed by atoms with Crippen LogP contribution in [0.1, 0.15) is 12.0 Å². The number of hydrogen-bond acceptors (Lipinski definition) is 7. The summed E-state index contributed by atoms with van der Waals surface area (Å²) in [7, 11) is 0. The Hall–Kier alpha value is -3.73. The van der Waals surface area contributed by atoms with Crippen molar-refractivity contribution in [3.8, 4) is 17.0 Å². The summed E-state index contributed by atoms with van der Waals surface area (Å²) in [6.45, 7) is 2.44. The van der Waals surface area contributed by atoms with E-state index in [-0.39, 0.29) is 42.1 Å². The fourth-order valence-corrected chi connectivity index (χ4v) is 4.27. The second kappa shape index (κ2) is 8.00. The molecular formula is C22H21F2N5O4. The summed E-state index contributed by atoms with van der Waals surface area (Å²) in [4.78, 5) is 21.5. The zero-order valence-corrected chi connectivity index (χ0v) is 17.6. The molecule has 3 aromatic rings. The summed E-state index contributed by atoms with van der Waals surface area (Å²) >= 11 is 0. The molecule has 0 saturated carbocycles. The van der Waals surface area contributed by atoms with Crippen LogP contribution in [0.25, 0.3) is 21.9 Å². The number of carboxylic acid groups (broad SMARTS) is 1. The van der Waals surface area contributed by atoms with Crippen LogP contribution in [0.2, 0.25) is 0 Å². The Morgan fingerprint density at radius 2 is 2.12 bits per heavy atom. The molecule has 1 amide bonds. The first-order chi connectivity index (χ1) is 15.8. The number of pyridine rings is 2. The first-order valence-corrected chi connectivity index (χ1v) is 10.4. The number of benzene rings is 1. The molecule has 11 heteroatoms. The van der Waals surface area contributed by atoms with Crippen molar-refractivity contribution in [3.63, 3.8) is 0 Å². The van der Waals surface area contributed by atoms with E-state index in [4.69, 9.17) is 15.2 Å². The number of halogens is 2. The molecule has 1 fully saturated rings. The number of alkyl halides is 1. The maximum absolute atomic E-state index is 15.3. The average Bonchev–Trinajstić information content (AvgIpc) is 3.30. The van der Waals surface area contributed by atoms with Gasteiger partial charge in [-0.1, -0.05) is 0 Å². The number of nitrogen functional groups attached to an aromatic ring is 1. The fraction of sp³-hybridized carbons (Fsp3) is 0.318. The third kappa shape index (κ3) is 3.54. The zero-order valence-electron chi connectivity index (χ0n) is 17.6. The number of ether oxygens (including phenoxy) is 2. The number of anilines is 3. The third-order valence-corrected chi connectivity index (χ3v) is 5.98. The highest BCUT2D eigenvalue weighted by atomic mass is 19.1. The summed E-state index contributed by atoms with van der Waals surface area (Å²) < 4.78 is 39.3. The predicted octanol–water partition coefficient (Wildman–Crippen LogP) is 3.70. The number of rotatable bonds is 3. The highest BCUT2D eigenvalue weighted by molar-refractivity contribution is 5.99. The van der Waals surface area contributed by atoms with E-state index >= 15 is 4.39 Å². The Labute approximate surface area is 187 Å². The van der Waals surface area contributed by atoms with E-state index in [0.29, 0.717) is 40.6 Å². The van der Waals surface area contributed by atoms with Crippen LogP contribution >= 0.6 is 0 Å². The van der Waals surface area contributed by atoms with E-state index in [2.05, 4.69) is 15.3 Å². The standard InChI is InChI=1S/C22H21F2N5O4/c1-10-14(6-28-21-20(10)27-8-16(23)33-21)13-4-11-5-17(26-7-15(11)19(25)18(13)24)29(22(30)31)12-2-3-32-9-12/h4-7,12,16,27H,2-3,8-9,25H2,1H3,(H,30,31)/t12-,16-/m0/s1. The fourth-order valence-electron chi connectivity index (χ4n) is 4.27. The molecule has 4 N–H and O–H groups in total. The van der Waals surface area contributed by atoms with Crippen LogP contribution < -0.4 is 20.7 Å². The summed E-state index contributed by atoms with van der Waals surface area (Å²) in [5.74, 6) is -0.348. The van der Waals surface area contributed by atoms with E-state index < -0.39 is 18.3 Å². The molecular weight excluding hydrogens is 436 g/mol. The highest BCUT2D eigenvalue weighted by Gasteiger charge is 2.30. The molecule has 0 radical (unpaired) electrons. The summed E-state index contributed by atoms with van der Waals surface area (Å²) in [6, 6.07) is 2.79. The Balaban J connectivity index is 1.64. The van der Waals surface area contributed by atoms with Gasteiger partial charge in [0.05, 0.1) is 24.9 Å². The minimum absolute atomic E-state index is 0.0494. The van der Waals surface area contributed by atoms with Crippen LogP contribution in [-0.2, 0) is 4.74 Å². The van der Waals surface area contributed by atoms with Gasteiger partial charge in [-0.25, -0.2) is 19.2 Å². The lowest BCUT2D eigenvalue weighted by Gasteiger charge is -2.25. The second-order valence-corrected chi connectivity index (χ2v) is 7.97.